The lowest BCUT2D eigenvalue weighted by atomic mass is 10.2. The minimum atomic E-state index is -0.674. The smallest absolute Gasteiger partial charge is 0.340 e. The van der Waals surface area contributed by atoms with Crippen molar-refractivity contribution in [3.63, 3.8) is 0 Å². The monoisotopic (exact) mass is 317 g/mol. The van der Waals surface area contributed by atoms with Gasteiger partial charge in [0.15, 0.2) is 6.61 Å². The summed E-state index contributed by atoms with van der Waals surface area (Å²) in [6.07, 6.45) is 2.41. The van der Waals surface area contributed by atoms with Crippen molar-refractivity contribution in [2.24, 2.45) is 7.05 Å². The van der Waals surface area contributed by atoms with Crippen molar-refractivity contribution in [3.8, 4) is 0 Å². The number of para-hydroxylation sites is 1. The Balaban J connectivity index is 1.94. The highest BCUT2D eigenvalue weighted by Crippen LogP contribution is 2.20. The van der Waals surface area contributed by atoms with Crippen molar-refractivity contribution in [3.05, 3.63) is 36.0 Å². The zero-order valence-electron chi connectivity index (χ0n) is 13.1. The fourth-order valence-corrected chi connectivity index (χ4v) is 2.16. The fourth-order valence-electron chi connectivity index (χ4n) is 2.16. The van der Waals surface area contributed by atoms with Gasteiger partial charge in [-0.2, -0.15) is 0 Å². The first-order chi connectivity index (χ1) is 11.0. The Morgan fingerprint density at radius 1 is 1.22 bits per heavy atom. The van der Waals surface area contributed by atoms with E-state index in [0.29, 0.717) is 12.1 Å². The highest BCUT2D eigenvalue weighted by molar-refractivity contribution is 6.05. The van der Waals surface area contributed by atoms with Crippen LogP contribution in [0, 0.1) is 0 Å². The van der Waals surface area contributed by atoms with Gasteiger partial charge in [0.05, 0.1) is 5.56 Å². The molecule has 0 spiro atoms. The number of benzene rings is 1. The maximum atomic E-state index is 12.1. The maximum absolute atomic E-state index is 12.1. The quantitative estimate of drug-likeness (QED) is 0.819. The topological polar surface area (TPSA) is 89.4 Å². The second-order valence-electron chi connectivity index (χ2n) is 5.05. The first-order valence-corrected chi connectivity index (χ1v) is 7.31. The lowest BCUT2D eigenvalue weighted by molar-refractivity contribution is -0.123. The third-order valence-corrected chi connectivity index (χ3v) is 3.24. The first-order valence-electron chi connectivity index (χ1n) is 7.31. The highest BCUT2D eigenvalue weighted by atomic mass is 16.5. The predicted octanol–water partition coefficient (Wildman–Crippen LogP) is 1.57. The van der Waals surface area contributed by atoms with Gasteiger partial charge in [0.25, 0.3) is 5.91 Å². The molecule has 0 saturated heterocycles. The molecule has 1 heterocycles. The number of nitrogens with zero attached hydrogens (tertiary/aromatic N) is 1. The molecule has 122 valence electrons. The molecule has 2 N–H and O–H groups in total. The van der Waals surface area contributed by atoms with Gasteiger partial charge in [-0.3, -0.25) is 10.1 Å². The van der Waals surface area contributed by atoms with Crippen molar-refractivity contribution in [1.29, 1.82) is 0 Å². The van der Waals surface area contributed by atoms with Crippen molar-refractivity contribution in [2.45, 2.75) is 13.3 Å². The first kappa shape index (κ1) is 16.5. The van der Waals surface area contributed by atoms with Crippen molar-refractivity contribution in [2.75, 3.05) is 13.2 Å². The Hall–Kier alpha value is -2.83. The van der Waals surface area contributed by atoms with E-state index in [-0.39, 0.29) is 0 Å². The van der Waals surface area contributed by atoms with E-state index < -0.39 is 24.5 Å². The molecule has 0 saturated carbocycles. The summed E-state index contributed by atoms with van der Waals surface area (Å²) >= 11 is 0. The number of aryl methyl sites for hydroxylation is 1. The SMILES string of the molecule is CCCNC(=O)NC(=O)COC(=O)c1cn(C)c2ccccc12. The summed E-state index contributed by atoms with van der Waals surface area (Å²) in [6, 6.07) is 6.79. The Morgan fingerprint density at radius 3 is 2.70 bits per heavy atom. The number of carbonyl (C=O) groups is 3. The van der Waals surface area contributed by atoms with E-state index in [2.05, 4.69) is 10.6 Å². The van der Waals surface area contributed by atoms with Gasteiger partial charge >= 0.3 is 12.0 Å². The number of fused-ring (bicyclic) bond motifs is 1. The summed E-state index contributed by atoms with van der Waals surface area (Å²) in [4.78, 5) is 35.0. The summed E-state index contributed by atoms with van der Waals surface area (Å²) in [5.41, 5.74) is 1.27. The number of carbonyl (C=O) groups excluding carboxylic acids is 3. The molecule has 2 aromatic rings. The number of rotatable bonds is 5. The lowest BCUT2D eigenvalue weighted by Crippen LogP contribution is -2.41. The van der Waals surface area contributed by atoms with E-state index >= 15 is 0 Å². The van der Waals surface area contributed by atoms with Crippen LogP contribution in [0.4, 0.5) is 4.79 Å². The number of esters is 1. The maximum Gasteiger partial charge on any atom is 0.340 e. The van der Waals surface area contributed by atoms with Crippen molar-refractivity contribution >= 4 is 28.8 Å². The molecule has 2 rings (SSSR count). The molecule has 1 aromatic heterocycles. The molecule has 3 amide bonds. The van der Waals surface area contributed by atoms with Crippen LogP contribution in [0.25, 0.3) is 10.9 Å². The number of aromatic nitrogens is 1. The van der Waals surface area contributed by atoms with Crippen LogP contribution < -0.4 is 10.6 Å². The van der Waals surface area contributed by atoms with E-state index in [4.69, 9.17) is 4.74 Å². The Bertz CT molecular complexity index is 736. The number of urea groups is 1. The molecule has 0 unspecified atom stereocenters. The molecule has 7 heteroatoms. The molecular formula is C16H19N3O4. The fraction of sp³-hybridized carbons (Fsp3) is 0.312. The number of imide groups is 1. The summed E-state index contributed by atoms with van der Waals surface area (Å²) in [6.45, 7) is 1.85. The molecule has 0 aliphatic rings. The minimum absolute atomic E-state index is 0.381. The summed E-state index contributed by atoms with van der Waals surface area (Å²) < 4.78 is 6.78. The van der Waals surface area contributed by atoms with Gasteiger partial charge in [0.2, 0.25) is 0 Å². The second-order valence-corrected chi connectivity index (χ2v) is 5.05. The van der Waals surface area contributed by atoms with Gasteiger partial charge in [0, 0.05) is 30.7 Å². The van der Waals surface area contributed by atoms with E-state index in [1.807, 2.05) is 42.8 Å². The lowest BCUT2D eigenvalue weighted by Gasteiger charge is -2.06. The van der Waals surface area contributed by atoms with Crippen LogP contribution in [0.15, 0.2) is 30.5 Å². The number of nitrogens with one attached hydrogen (secondary N) is 2. The van der Waals surface area contributed by atoms with Crippen LogP contribution in [0.3, 0.4) is 0 Å². The van der Waals surface area contributed by atoms with Gasteiger partial charge in [-0.25, -0.2) is 9.59 Å². The van der Waals surface area contributed by atoms with Gasteiger partial charge < -0.3 is 14.6 Å². The zero-order chi connectivity index (χ0) is 16.8. The second kappa shape index (κ2) is 7.44. The molecule has 0 atom stereocenters. The number of hydrogen-bond acceptors (Lipinski definition) is 4. The van der Waals surface area contributed by atoms with Crippen LogP contribution >= 0.6 is 0 Å². The standard InChI is InChI=1S/C16H19N3O4/c1-3-8-17-16(22)18-14(20)10-23-15(21)12-9-19(2)13-7-5-4-6-11(12)13/h4-7,9H,3,8,10H2,1-2H3,(H2,17,18,20,22). The zero-order valence-corrected chi connectivity index (χ0v) is 13.1. The van der Waals surface area contributed by atoms with E-state index in [0.717, 1.165) is 17.3 Å². The summed E-state index contributed by atoms with van der Waals surface area (Å²) in [5.74, 6) is -1.28. The summed E-state index contributed by atoms with van der Waals surface area (Å²) in [7, 11) is 1.82. The number of ether oxygens (including phenoxy) is 1. The number of hydrogen-bond donors (Lipinski definition) is 2. The molecule has 0 aliphatic heterocycles. The minimum Gasteiger partial charge on any atom is -0.452 e. The molecular weight excluding hydrogens is 298 g/mol. The molecule has 23 heavy (non-hydrogen) atoms. The Morgan fingerprint density at radius 2 is 1.96 bits per heavy atom. The molecule has 0 aliphatic carbocycles. The third kappa shape index (κ3) is 4.09. The number of amides is 3. The molecule has 0 fully saturated rings. The summed E-state index contributed by atoms with van der Waals surface area (Å²) in [5, 5.41) is 5.34. The Kier molecular flexibility index (Phi) is 5.35. The molecule has 1 aromatic carbocycles. The van der Waals surface area contributed by atoms with Gasteiger partial charge in [-0.05, 0) is 12.5 Å². The molecule has 7 nitrogen and oxygen atoms in total. The molecule has 0 bridgehead atoms. The van der Waals surface area contributed by atoms with Gasteiger partial charge in [-0.1, -0.05) is 25.1 Å². The highest BCUT2D eigenvalue weighted by Gasteiger charge is 2.16. The predicted molar refractivity (Wildman–Crippen MR) is 85.0 cm³/mol. The van der Waals surface area contributed by atoms with Crippen LogP contribution in [-0.2, 0) is 16.6 Å². The van der Waals surface area contributed by atoms with Crippen LogP contribution in [0.1, 0.15) is 23.7 Å². The van der Waals surface area contributed by atoms with E-state index in [1.165, 1.54) is 0 Å². The van der Waals surface area contributed by atoms with Crippen LogP contribution in [-0.4, -0.2) is 35.6 Å². The average molecular weight is 317 g/mol. The van der Waals surface area contributed by atoms with Gasteiger partial charge in [0.1, 0.15) is 0 Å². The van der Waals surface area contributed by atoms with Crippen molar-refractivity contribution < 1.29 is 19.1 Å². The van der Waals surface area contributed by atoms with E-state index in [9.17, 15) is 14.4 Å². The largest absolute Gasteiger partial charge is 0.452 e. The van der Waals surface area contributed by atoms with Crippen molar-refractivity contribution in [1.82, 2.24) is 15.2 Å². The molecule has 0 radical (unpaired) electrons. The normalized spacial score (nSPS) is 10.3. The Labute approximate surface area is 133 Å². The average Bonchev–Trinajstić information content (AvgIpc) is 2.88. The van der Waals surface area contributed by atoms with Crippen LogP contribution in [0.5, 0.6) is 0 Å². The van der Waals surface area contributed by atoms with Gasteiger partial charge in [-0.15, -0.1) is 0 Å². The van der Waals surface area contributed by atoms with Crippen LogP contribution in [0.2, 0.25) is 0 Å². The third-order valence-electron chi connectivity index (χ3n) is 3.24. The van der Waals surface area contributed by atoms with E-state index in [1.54, 1.807) is 6.20 Å².